The van der Waals surface area contributed by atoms with E-state index in [9.17, 15) is 0 Å². The first-order valence-corrected chi connectivity index (χ1v) is 23.5. The maximum atomic E-state index is 3.60. The van der Waals surface area contributed by atoms with Crippen LogP contribution in [-0.2, 0) is 32.0 Å². The maximum absolute atomic E-state index is 3.60. The molecule has 0 nitrogen and oxygen atoms in total. The molecule has 0 atom stereocenters. The second-order valence-corrected chi connectivity index (χ2v) is 13.9. The molecular formula is C57H60SiTi-6. The number of unbranched alkanes of at least 4 members (excludes halogenated alkanes) is 2. The fraction of sp³-hybridized carbons (Fsp3) is 0.175. The van der Waals surface area contributed by atoms with Crippen LogP contribution in [0.15, 0.2) is 176 Å². The third-order valence-corrected chi connectivity index (χ3v) is 9.91. The minimum absolute atomic E-state index is 0. The molecule has 0 spiro atoms. The summed E-state index contributed by atoms with van der Waals surface area (Å²) in [5.74, 6) is 0. The predicted molar refractivity (Wildman–Crippen MR) is 262 cm³/mol. The third-order valence-electron chi connectivity index (χ3n) is 9.91. The van der Waals surface area contributed by atoms with Crippen molar-refractivity contribution < 1.29 is 19.2 Å². The van der Waals surface area contributed by atoms with Crippen molar-refractivity contribution in [3.8, 4) is 22.3 Å². The first-order valence-electron chi connectivity index (χ1n) is 20.6. The molecule has 0 aromatic heterocycles. The van der Waals surface area contributed by atoms with Gasteiger partial charge in [-0.25, -0.2) is 0 Å². The summed E-state index contributed by atoms with van der Waals surface area (Å²) in [7, 11) is 2.97. The molecule has 0 fully saturated rings. The zero-order valence-corrected chi connectivity index (χ0v) is 38.5. The third kappa shape index (κ3) is 13.6. The SMILES string of the molecule is CCc1cc2c(-c3cccc4ccccc34)cccc2[cH-]1.CCc1cc2c(-c3cccc4ccccc34)cccc2[cH-]1.[CH2-]CCC.[CH2-]CCC.[CH3-].[Si]=[Ti].[c-]1ccccc1. The van der Waals surface area contributed by atoms with E-state index in [1.807, 2.05) is 30.3 Å². The van der Waals surface area contributed by atoms with Crippen molar-refractivity contribution in [3.05, 3.63) is 214 Å². The van der Waals surface area contributed by atoms with E-state index >= 15 is 0 Å². The normalized spacial score (nSPS) is 9.92. The molecule has 0 bridgehead atoms. The molecule has 0 aliphatic heterocycles. The predicted octanol–water partition coefficient (Wildman–Crippen LogP) is 16.7. The van der Waals surface area contributed by atoms with Gasteiger partial charge in [0.1, 0.15) is 0 Å². The van der Waals surface area contributed by atoms with E-state index in [-0.39, 0.29) is 7.43 Å². The van der Waals surface area contributed by atoms with Gasteiger partial charge in [0.15, 0.2) is 0 Å². The molecule has 0 unspecified atom stereocenters. The van der Waals surface area contributed by atoms with Crippen LogP contribution in [0.1, 0.15) is 64.5 Å². The molecule has 9 rings (SSSR count). The molecule has 0 N–H and O–H groups in total. The van der Waals surface area contributed by atoms with Crippen molar-refractivity contribution in [1.82, 2.24) is 0 Å². The molecule has 0 saturated carbocycles. The Kier molecular flexibility index (Phi) is 22.3. The summed E-state index contributed by atoms with van der Waals surface area (Å²) in [6.07, 6.45) is 6.73. The van der Waals surface area contributed by atoms with Gasteiger partial charge in [0, 0.05) is 0 Å². The van der Waals surface area contributed by atoms with E-state index in [2.05, 4.69) is 201 Å². The van der Waals surface area contributed by atoms with Crippen molar-refractivity contribution in [2.75, 3.05) is 0 Å². The van der Waals surface area contributed by atoms with Crippen LogP contribution in [0.4, 0.5) is 0 Å². The Morgan fingerprint density at radius 3 is 1.12 bits per heavy atom. The topological polar surface area (TPSA) is 0 Å². The van der Waals surface area contributed by atoms with Crippen LogP contribution >= 0.6 is 0 Å². The molecule has 2 heteroatoms. The van der Waals surface area contributed by atoms with Crippen LogP contribution in [-0.4, -0.2) is 7.63 Å². The summed E-state index contributed by atoms with van der Waals surface area (Å²) in [5.41, 5.74) is 8.15. The fourth-order valence-corrected chi connectivity index (χ4v) is 6.73. The molecular weight excluding hydrogens is 761 g/mol. The van der Waals surface area contributed by atoms with E-state index in [0.717, 1.165) is 25.7 Å². The Morgan fingerprint density at radius 2 is 0.797 bits per heavy atom. The average molecular weight is 821 g/mol. The molecule has 0 heterocycles. The van der Waals surface area contributed by atoms with Crippen LogP contribution in [0.25, 0.3) is 65.3 Å². The summed E-state index contributed by atoms with van der Waals surface area (Å²) in [6, 6.07) is 65.4. The molecule has 302 valence electrons. The summed E-state index contributed by atoms with van der Waals surface area (Å²) in [5, 5.41) is 10.7. The van der Waals surface area contributed by atoms with Gasteiger partial charge in [0.25, 0.3) is 0 Å². The van der Waals surface area contributed by atoms with Gasteiger partial charge in [-0.15, -0.1) is 69.1 Å². The standard InChI is InChI=1S/2C21H17.C6H5.2C4H9.CH3.Si.Ti/c2*1-2-15-13-17-9-6-12-20(21(17)14-15)19-11-5-8-16-7-3-4-10-18(16)19;1-2-4-6-5-3-1;2*1-3-4-2;;;/h2*3-14H,2H2,1H3;1-5H;2*1,3-4H2,2H3;1H3;;/q6*-1;;. The van der Waals surface area contributed by atoms with Gasteiger partial charge in [-0.3, -0.25) is 0 Å². The first kappa shape index (κ1) is 48.6. The zero-order valence-electron chi connectivity index (χ0n) is 35.9. The van der Waals surface area contributed by atoms with Crippen LogP contribution in [0, 0.1) is 27.3 Å². The molecule has 0 aliphatic carbocycles. The first-order chi connectivity index (χ1) is 28.6. The van der Waals surface area contributed by atoms with Crippen LogP contribution in [0.3, 0.4) is 0 Å². The number of fused-ring (bicyclic) bond motifs is 4. The molecule has 59 heavy (non-hydrogen) atoms. The Balaban J connectivity index is 0.000000229. The Labute approximate surface area is 370 Å². The van der Waals surface area contributed by atoms with E-state index in [1.54, 1.807) is 19.2 Å². The molecule has 9 aromatic carbocycles. The minimum atomic E-state index is 0. The van der Waals surface area contributed by atoms with Crippen molar-refractivity contribution in [1.29, 1.82) is 0 Å². The quantitative estimate of drug-likeness (QED) is 0.116. The van der Waals surface area contributed by atoms with Crippen LogP contribution < -0.4 is 0 Å². The fourth-order valence-electron chi connectivity index (χ4n) is 6.73. The summed E-state index contributed by atoms with van der Waals surface area (Å²) >= 11 is 1.81. The van der Waals surface area contributed by atoms with Crippen molar-refractivity contribution >= 4 is 50.7 Å². The zero-order chi connectivity index (χ0) is 41.5. The van der Waals surface area contributed by atoms with Gasteiger partial charge in [-0.1, -0.05) is 149 Å². The van der Waals surface area contributed by atoms with Gasteiger partial charge >= 0.3 is 26.8 Å². The summed E-state index contributed by atoms with van der Waals surface area (Å²) < 4.78 is 0. The number of hydrogen-bond acceptors (Lipinski definition) is 0. The Bertz CT molecular complexity index is 2320. The van der Waals surface area contributed by atoms with Crippen LogP contribution in [0.2, 0.25) is 0 Å². The monoisotopic (exact) mass is 820 g/mol. The Morgan fingerprint density at radius 1 is 0.458 bits per heavy atom. The van der Waals surface area contributed by atoms with E-state index in [4.69, 9.17) is 0 Å². The van der Waals surface area contributed by atoms with Gasteiger partial charge in [-0.05, 0) is 45.5 Å². The molecule has 9 aromatic rings. The Hall–Kier alpha value is -4.79. The second kappa shape index (κ2) is 27.1. The number of aryl methyl sites for hydroxylation is 2. The van der Waals surface area contributed by atoms with Gasteiger partial charge < -0.3 is 21.3 Å². The number of hydrogen-bond donors (Lipinski definition) is 0. The largest absolute Gasteiger partial charge is 0.184 e. The number of benzene rings is 7. The van der Waals surface area contributed by atoms with Crippen LogP contribution in [0.5, 0.6) is 0 Å². The van der Waals surface area contributed by atoms with Crippen molar-refractivity contribution in [2.24, 2.45) is 0 Å². The molecule has 0 aliphatic rings. The maximum Gasteiger partial charge on any atom is -0.171 e. The molecule has 2 radical (unpaired) electrons. The van der Waals surface area contributed by atoms with E-state index in [1.165, 1.54) is 89.3 Å². The summed E-state index contributed by atoms with van der Waals surface area (Å²) in [6.45, 7) is 15.9. The van der Waals surface area contributed by atoms with Gasteiger partial charge in [-0.2, -0.15) is 61.4 Å². The molecule has 0 saturated heterocycles. The number of rotatable bonds is 6. The second-order valence-electron chi connectivity index (χ2n) is 13.9. The van der Waals surface area contributed by atoms with E-state index in [0.29, 0.717) is 0 Å². The molecule has 0 amide bonds. The minimum Gasteiger partial charge on any atom is -0.184 e. The van der Waals surface area contributed by atoms with Gasteiger partial charge in [0.2, 0.25) is 0 Å². The van der Waals surface area contributed by atoms with Crippen molar-refractivity contribution in [3.63, 3.8) is 0 Å². The summed E-state index contributed by atoms with van der Waals surface area (Å²) in [4.78, 5) is 0. The average Bonchev–Trinajstić information content (AvgIpc) is 3.95. The smallest absolute Gasteiger partial charge is 0.171 e. The van der Waals surface area contributed by atoms with Gasteiger partial charge in [0.05, 0.1) is 0 Å². The van der Waals surface area contributed by atoms with Crippen molar-refractivity contribution in [2.45, 2.75) is 66.2 Å². The van der Waals surface area contributed by atoms with E-state index < -0.39 is 0 Å².